The third-order valence-corrected chi connectivity index (χ3v) is 4.73. The van der Waals surface area contributed by atoms with Gasteiger partial charge in [0.05, 0.1) is 11.6 Å². The Morgan fingerprint density at radius 2 is 1.93 bits per heavy atom. The van der Waals surface area contributed by atoms with Gasteiger partial charge >= 0.3 is 5.97 Å². The summed E-state index contributed by atoms with van der Waals surface area (Å²) in [6.45, 7) is 5.23. The highest BCUT2D eigenvalue weighted by atomic mass is 16.4. The Balaban J connectivity index is 1.90. The monoisotopic (exact) mass is 372 g/mol. The predicted octanol–water partition coefficient (Wildman–Crippen LogP) is 1.88. The normalized spacial score (nSPS) is 12.2. The summed E-state index contributed by atoms with van der Waals surface area (Å²) in [6.07, 6.45) is -0.0441. The van der Waals surface area contributed by atoms with Gasteiger partial charge in [-0.25, -0.2) is 0 Å². The maximum Gasteiger partial charge on any atom is 0.308 e. The van der Waals surface area contributed by atoms with Gasteiger partial charge in [-0.3, -0.25) is 14.3 Å². The van der Waals surface area contributed by atoms with Crippen LogP contribution in [0.15, 0.2) is 30.3 Å². The number of amides is 1. The number of aromatic nitrogens is 2. The first-order valence-electron chi connectivity index (χ1n) is 8.99. The van der Waals surface area contributed by atoms with Gasteiger partial charge < -0.3 is 15.3 Å². The van der Waals surface area contributed by atoms with Crippen molar-refractivity contribution in [3.05, 3.63) is 52.8 Å². The number of carboxylic acids is 1. The number of nitrogens with zero attached hydrogens (tertiary/aromatic N) is 3. The van der Waals surface area contributed by atoms with Crippen LogP contribution in [0.5, 0.6) is 0 Å². The second kappa shape index (κ2) is 9.32. The van der Waals surface area contributed by atoms with E-state index >= 15 is 0 Å². The summed E-state index contributed by atoms with van der Waals surface area (Å²) in [6, 6.07) is 9.55. The number of hydrogen-bond acceptors (Lipinski definition) is 4. The van der Waals surface area contributed by atoms with Crippen LogP contribution in [0.25, 0.3) is 0 Å². The third-order valence-electron chi connectivity index (χ3n) is 4.73. The first-order valence-corrected chi connectivity index (χ1v) is 8.99. The number of hydrogen-bond donors (Lipinski definition) is 2. The average Bonchev–Trinajstić information content (AvgIpc) is 2.86. The van der Waals surface area contributed by atoms with Crippen molar-refractivity contribution in [3.8, 4) is 0 Å². The first-order chi connectivity index (χ1) is 12.8. The number of nitrogens with one attached hydrogen (secondary N) is 1. The molecule has 0 aliphatic rings. The van der Waals surface area contributed by atoms with Gasteiger partial charge in [0, 0.05) is 44.4 Å². The summed E-state index contributed by atoms with van der Waals surface area (Å²) in [5.74, 6) is -1.98. The predicted molar refractivity (Wildman–Crippen MR) is 103 cm³/mol. The van der Waals surface area contributed by atoms with E-state index < -0.39 is 11.9 Å². The second-order valence-electron chi connectivity index (χ2n) is 6.97. The summed E-state index contributed by atoms with van der Waals surface area (Å²) in [7, 11) is 3.76. The molecule has 7 nitrogen and oxygen atoms in total. The zero-order valence-electron chi connectivity index (χ0n) is 16.4. The largest absolute Gasteiger partial charge is 0.481 e. The number of carbonyl (C=O) groups is 2. The SMILES string of the molecule is Cc1nn(C)c(C)c1CN(C)C[C@H](CC(=O)NCc1ccccc1)C(=O)O. The van der Waals surface area contributed by atoms with Crippen molar-refractivity contribution >= 4 is 11.9 Å². The van der Waals surface area contributed by atoms with Crippen LogP contribution in [0.2, 0.25) is 0 Å². The maximum atomic E-state index is 12.2. The van der Waals surface area contributed by atoms with Gasteiger partial charge in [0.15, 0.2) is 0 Å². The van der Waals surface area contributed by atoms with Crippen LogP contribution in [0.1, 0.15) is 28.9 Å². The van der Waals surface area contributed by atoms with E-state index in [4.69, 9.17) is 0 Å². The second-order valence-corrected chi connectivity index (χ2v) is 6.97. The van der Waals surface area contributed by atoms with E-state index in [1.54, 1.807) is 0 Å². The maximum absolute atomic E-state index is 12.2. The van der Waals surface area contributed by atoms with E-state index in [1.165, 1.54) is 0 Å². The van der Waals surface area contributed by atoms with E-state index in [0.717, 1.165) is 22.5 Å². The molecule has 0 bridgehead atoms. The van der Waals surface area contributed by atoms with Crippen LogP contribution in [0.4, 0.5) is 0 Å². The minimum atomic E-state index is -0.962. The molecular formula is C20H28N4O3. The molecule has 1 amide bonds. The molecule has 0 saturated carbocycles. The average molecular weight is 372 g/mol. The fourth-order valence-electron chi connectivity index (χ4n) is 3.08. The Kier molecular flexibility index (Phi) is 7.12. The van der Waals surface area contributed by atoms with Crippen LogP contribution in [0.3, 0.4) is 0 Å². The highest BCUT2D eigenvalue weighted by Gasteiger charge is 2.24. The van der Waals surface area contributed by atoms with Crippen LogP contribution in [-0.2, 0) is 29.7 Å². The summed E-state index contributed by atoms with van der Waals surface area (Å²) in [5.41, 5.74) is 4.08. The molecule has 2 aromatic rings. The standard InChI is InChI=1S/C20H28N4O3/c1-14-18(15(2)24(4)22-14)13-23(3)12-17(20(26)27)10-19(25)21-11-16-8-6-5-7-9-16/h5-9,17H,10-13H2,1-4H3,(H,21,25)(H,26,27)/t17-/m0/s1. The molecule has 0 spiro atoms. The number of benzene rings is 1. The van der Waals surface area contributed by atoms with E-state index in [0.29, 0.717) is 19.6 Å². The molecule has 0 aliphatic carbocycles. The Morgan fingerprint density at radius 3 is 2.48 bits per heavy atom. The summed E-state index contributed by atoms with van der Waals surface area (Å²) in [4.78, 5) is 25.7. The van der Waals surface area contributed by atoms with Gasteiger partial charge in [-0.2, -0.15) is 5.10 Å². The number of aliphatic carboxylic acids is 1. The van der Waals surface area contributed by atoms with Crippen molar-refractivity contribution in [2.45, 2.75) is 33.4 Å². The van der Waals surface area contributed by atoms with Gasteiger partial charge in [-0.05, 0) is 26.5 Å². The lowest BCUT2D eigenvalue weighted by Gasteiger charge is -2.21. The lowest BCUT2D eigenvalue weighted by molar-refractivity contribution is -0.144. The lowest BCUT2D eigenvalue weighted by Crippen LogP contribution is -2.35. The zero-order chi connectivity index (χ0) is 20.0. The molecule has 7 heteroatoms. The Bertz CT molecular complexity index is 786. The fourth-order valence-corrected chi connectivity index (χ4v) is 3.08. The molecule has 0 fully saturated rings. The molecule has 1 aromatic heterocycles. The van der Waals surface area contributed by atoms with Crippen molar-refractivity contribution in [2.75, 3.05) is 13.6 Å². The van der Waals surface area contributed by atoms with Crippen LogP contribution in [-0.4, -0.2) is 45.3 Å². The van der Waals surface area contributed by atoms with Gasteiger partial charge in [-0.15, -0.1) is 0 Å². The lowest BCUT2D eigenvalue weighted by atomic mass is 10.0. The molecular weight excluding hydrogens is 344 g/mol. The van der Waals surface area contributed by atoms with Crippen LogP contribution >= 0.6 is 0 Å². The van der Waals surface area contributed by atoms with E-state index in [2.05, 4.69) is 10.4 Å². The van der Waals surface area contributed by atoms with Crippen molar-refractivity contribution in [1.29, 1.82) is 0 Å². The van der Waals surface area contributed by atoms with Crippen LogP contribution < -0.4 is 5.32 Å². The molecule has 27 heavy (non-hydrogen) atoms. The fraction of sp³-hybridized carbons (Fsp3) is 0.450. The van der Waals surface area contributed by atoms with Crippen LogP contribution in [0, 0.1) is 19.8 Å². The van der Waals surface area contributed by atoms with Gasteiger partial charge in [0.2, 0.25) is 5.91 Å². The van der Waals surface area contributed by atoms with Gasteiger partial charge in [-0.1, -0.05) is 30.3 Å². The number of carbonyl (C=O) groups excluding carboxylic acids is 1. The molecule has 1 heterocycles. The topological polar surface area (TPSA) is 87.5 Å². The quantitative estimate of drug-likeness (QED) is 0.702. The smallest absolute Gasteiger partial charge is 0.308 e. The zero-order valence-corrected chi connectivity index (χ0v) is 16.4. The van der Waals surface area contributed by atoms with E-state index in [9.17, 15) is 14.7 Å². The van der Waals surface area contributed by atoms with E-state index in [1.807, 2.05) is 67.9 Å². The Morgan fingerprint density at radius 1 is 1.26 bits per heavy atom. The summed E-state index contributed by atoms with van der Waals surface area (Å²) < 4.78 is 1.82. The van der Waals surface area contributed by atoms with Gasteiger partial charge in [0.25, 0.3) is 0 Å². The highest BCUT2D eigenvalue weighted by molar-refractivity contribution is 5.82. The molecule has 0 aliphatic heterocycles. The number of carboxylic acid groups (broad SMARTS) is 1. The van der Waals surface area contributed by atoms with E-state index in [-0.39, 0.29) is 12.3 Å². The van der Waals surface area contributed by atoms with Crippen molar-refractivity contribution < 1.29 is 14.7 Å². The van der Waals surface area contributed by atoms with Crippen molar-refractivity contribution in [2.24, 2.45) is 13.0 Å². The Hall–Kier alpha value is -2.67. The molecule has 2 N–H and O–H groups in total. The minimum absolute atomic E-state index is 0.0441. The van der Waals surface area contributed by atoms with Crippen molar-refractivity contribution in [1.82, 2.24) is 20.0 Å². The molecule has 0 saturated heterocycles. The number of aryl methyl sites for hydroxylation is 2. The Labute approximate surface area is 160 Å². The first kappa shape index (κ1) is 20.6. The van der Waals surface area contributed by atoms with Gasteiger partial charge in [0.1, 0.15) is 0 Å². The number of rotatable bonds is 9. The highest BCUT2D eigenvalue weighted by Crippen LogP contribution is 2.16. The summed E-state index contributed by atoms with van der Waals surface area (Å²) in [5, 5.41) is 16.7. The molecule has 1 atom stereocenters. The molecule has 0 radical (unpaired) electrons. The minimum Gasteiger partial charge on any atom is -0.481 e. The van der Waals surface area contributed by atoms with Crippen molar-refractivity contribution in [3.63, 3.8) is 0 Å². The molecule has 0 unspecified atom stereocenters. The summed E-state index contributed by atoms with van der Waals surface area (Å²) >= 11 is 0. The molecule has 146 valence electrons. The third kappa shape index (κ3) is 5.92. The molecule has 2 rings (SSSR count). The molecule has 1 aromatic carbocycles.